The SMILES string of the molecule is COC(=O)c1cc(F)c(F)c2nc(NCC3CCCCN3C)n(COCC[Si](C)(C)C)c12. The van der Waals surface area contributed by atoms with E-state index in [0.717, 1.165) is 31.5 Å². The Morgan fingerprint density at radius 1 is 1.31 bits per heavy atom. The van der Waals surface area contributed by atoms with Crippen molar-refractivity contribution in [2.75, 3.05) is 39.2 Å². The van der Waals surface area contributed by atoms with E-state index in [4.69, 9.17) is 9.47 Å². The number of methoxy groups -OCH3 is 1. The van der Waals surface area contributed by atoms with E-state index in [1.165, 1.54) is 13.5 Å². The first-order chi connectivity index (χ1) is 15.1. The van der Waals surface area contributed by atoms with Gasteiger partial charge in [0.15, 0.2) is 11.6 Å². The van der Waals surface area contributed by atoms with Gasteiger partial charge in [-0.05, 0) is 38.5 Å². The number of fused-ring (bicyclic) bond motifs is 1. The van der Waals surface area contributed by atoms with Gasteiger partial charge < -0.3 is 19.7 Å². The van der Waals surface area contributed by atoms with Crippen LogP contribution in [0.2, 0.25) is 25.7 Å². The largest absolute Gasteiger partial charge is 0.465 e. The molecule has 7 nitrogen and oxygen atoms in total. The molecule has 1 aromatic carbocycles. The second-order valence-corrected chi connectivity index (χ2v) is 15.3. The fourth-order valence-electron chi connectivity index (χ4n) is 3.92. The van der Waals surface area contributed by atoms with Crippen LogP contribution < -0.4 is 5.32 Å². The summed E-state index contributed by atoms with van der Waals surface area (Å²) in [6.45, 7) is 9.00. The van der Waals surface area contributed by atoms with Gasteiger partial charge in [-0.25, -0.2) is 18.6 Å². The van der Waals surface area contributed by atoms with E-state index >= 15 is 0 Å². The lowest BCUT2D eigenvalue weighted by Gasteiger charge is -2.32. The number of carbonyl (C=O) groups is 1. The molecule has 0 amide bonds. The van der Waals surface area contributed by atoms with Gasteiger partial charge in [0.1, 0.15) is 12.2 Å². The number of nitrogens with one attached hydrogen (secondary N) is 1. The highest BCUT2D eigenvalue weighted by Gasteiger charge is 2.26. The number of likely N-dealkylation sites (tertiary alicyclic amines) is 1. The first-order valence-electron chi connectivity index (χ1n) is 11.1. The van der Waals surface area contributed by atoms with Gasteiger partial charge in [-0.2, -0.15) is 0 Å². The Kier molecular flexibility index (Phi) is 7.89. The molecule has 1 aliphatic heterocycles. The number of piperidine rings is 1. The van der Waals surface area contributed by atoms with Crippen molar-refractivity contribution in [1.82, 2.24) is 14.5 Å². The van der Waals surface area contributed by atoms with Gasteiger partial charge in [0, 0.05) is 27.3 Å². The summed E-state index contributed by atoms with van der Waals surface area (Å²) in [5, 5.41) is 3.29. The van der Waals surface area contributed by atoms with Gasteiger partial charge >= 0.3 is 5.97 Å². The minimum Gasteiger partial charge on any atom is -0.465 e. The van der Waals surface area contributed by atoms with E-state index in [9.17, 15) is 13.6 Å². The third-order valence-corrected chi connectivity index (χ3v) is 7.65. The Morgan fingerprint density at radius 3 is 2.72 bits per heavy atom. The number of hydrogen-bond acceptors (Lipinski definition) is 6. The Bertz CT molecular complexity index is 961. The van der Waals surface area contributed by atoms with Crippen LogP contribution >= 0.6 is 0 Å². The summed E-state index contributed by atoms with van der Waals surface area (Å²) in [6, 6.07) is 2.14. The highest BCUT2D eigenvalue weighted by atomic mass is 28.3. The average Bonchev–Trinajstić information content (AvgIpc) is 3.10. The molecular formula is C22H34F2N4O3Si. The number of rotatable bonds is 9. The molecule has 1 saturated heterocycles. The topological polar surface area (TPSA) is 68.6 Å². The van der Waals surface area contributed by atoms with E-state index in [-0.39, 0.29) is 23.3 Å². The van der Waals surface area contributed by atoms with E-state index in [1.54, 1.807) is 4.57 Å². The smallest absolute Gasteiger partial charge is 0.340 e. The highest BCUT2D eigenvalue weighted by molar-refractivity contribution is 6.76. The molecule has 1 N–H and O–H groups in total. The fraction of sp³-hybridized carbons (Fsp3) is 0.636. The molecular weight excluding hydrogens is 434 g/mol. The van der Waals surface area contributed by atoms with E-state index in [1.807, 2.05) is 0 Å². The number of anilines is 1. The normalized spacial score (nSPS) is 17.7. The van der Waals surface area contributed by atoms with Crippen molar-refractivity contribution in [3.63, 3.8) is 0 Å². The first-order valence-corrected chi connectivity index (χ1v) is 14.8. The second kappa shape index (κ2) is 10.3. The van der Waals surface area contributed by atoms with E-state index < -0.39 is 25.7 Å². The van der Waals surface area contributed by atoms with Crippen LogP contribution in [-0.2, 0) is 16.2 Å². The number of imidazole rings is 1. The zero-order valence-corrected chi connectivity index (χ0v) is 20.6. The molecule has 178 valence electrons. The molecule has 10 heteroatoms. The van der Waals surface area contributed by atoms with Crippen LogP contribution in [0.15, 0.2) is 6.07 Å². The van der Waals surface area contributed by atoms with Crippen LogP contribution in [0.3, 0.4) is 0 Å². The summed E-state index contributed by atoms with van der Waals surface area (Å²) in [6.07, 6.45) is 3.37. The monoisotopic (exact) mass is 468 g/mol. The summed E-state index contributed by atoms with van der Waals surface area (Å²) < 4.78 is 41.2. The standard InChI is InChI=1S/C22H34F2N4O3Si/c1-27-9-7-6-8-15(27)13-25-22-26-19-18(24)17(23)12-16(21(29)30-2)20(19)28(22)14-31-10-11-32(3,4)5/h12,15H,6-11,13-14H2,1-5H3,(H,25,26). The van der Waals surface area contributed by atoms with Gasteiger partial charge in [0.25, 0.3) is 0 Å². The van der Waals surface area contributed by atoms with Crippen molar-refractivity contribution in [3.8, 4) is 0 Å². The molecule has 1 atom stereocenters. The average molecular weight is 469 g/mol. The number of ether oxygens (including phenoxy) is 2. The predicted octanol–water partition coefficient (Wildman–Crippen LogP) is 4.31. The third-order valence-electron chi connectivity index (χ3n) is 5.95. The third kappa shape index (κ3) is 5.65. The van der Waals surface area contributed by atoms with E-state index in [0.29, 0.717) is 25.1 Å². The number of nitrogens with zero attached hydrogens (tertiary/aromatic N) is 3. The number of likely N-dealkylation sites (N-methyl/N-ethyl adjacent to an activating group) is 1. The van der Waals surface area contributed by atoms with Crippen LogP contribution in [0.1, 0.15) is 29.6 Å². The predicted molar refractivity (Wildman–Crippen MR) is 124 cm³/mol. The van der Waals surface area contributed by atoms with Crippen molar-refractivity contribution >= 4 is 31.0 Å². The second-order valence-electron chi connectivity index (χ2n) is 9.63. The summed E-state index contributed by atoms with van der Waals surface area (Å²) in [5.41, 5.74) is -0.118. The van der Waals surface area contributed by atoms with Gasteiger partial charge in [-0.1, -0.05) is 26.1 Å². The zero-order valence-electron chi connectivity index (χ0n) is 19.6. The van der Waals surface area contributed by atoms with Crippen LogP contribution in [0, 0.1) is 11.6 Å². The molecule has 0 spiro atoms. The summed E-state index contributed by atoms with van der Waals surface area (Å²) in [5.74, 6) is -2.63. The van der Waals surface area contributed by atoms with Gasteiger partial charge in [-0.3, -0.25) is 4.57 Å². The molecule has 1 fully saturated rings. The van der Waals surface area contributed by atoms with Crippen LogP contribution in [0.25, 0.3) is 11.0 Å². The van der Waals surface area contributed by atoms with Crippen LogP contribution in [0.4, 0.5) is 14.7 Å². The van der Waals surface area contributed by atoms with Crippen molar-refractivity contribution in [3.05, 3.63) is 23.3 Å². The molecule has 0 aliphatic carbocycles. The minimum atomic E-state index is -1.30. The first kappa shape index (κ1) is 24.6. The van der Waals surface area contributed by atoms with Crippen molar-refractivity contribution in [2.45, 2.75) is 57.7 Å². The van der Waals surface area contributed by atoms with Crippen LogP contribution in [-0.4, -0.2) is 68.4 Å². The summed E-state index contributed by atoms with van der Waals surface area (Å²) in [7, 11) is 1.99. The number of carbonyl (C=O) groups excluding carboxylic acids is 1. The maximum atomic E-state index is 14.7. The van der Waals surface area contributed by atoms with Crippen molar-refractivity contribution < 1.29 is 23.0 Å². The number of esters is 1. The fourth-order valence-corrected chi connectivity index (χ4v) is 4.68. The van der Waals surface area contributed by atoms with E-state index in [2.05, 4.69) is 41.9 Å². The number of benzene rings is 1. The molecule has 0 radical (unpaired) electrons. The Hall–Kier alpha value is -2.04. The molecule has 2 heterocycles. The quantitative estimate of drug-likeness (QED) is 0.336. The van der Waals surface area contributed by atoms with Gasteiger partial charge in [-0.15, -0.1) is 0 Å². The molecule has 0 bridgehead atoms. The Morgan fingerprint density at radius 2 is 2.06 bits per heavy atom. The lowest BCUT2D eigenvalue weighted by molar-refractivity contribution is 0.0600. The molecule has 3 rings (SSSR count). The van der Waals surface area contributed by atoms with Gasteiger partial charge in [0.05, 0.1) is 18.2 Å². The van der Waals surface area contributed by atoms with Gasteiger partial charge in [0.2, 0.25) is 5.95 Å². The maximum Gasteiger partial charge on any atom is 0.340 e. The zero-order chi connectivity index (χ0) is 23.5. The molecule has 0 saturated carbocycles. The maximum absolute atomic E-state index is 14.7. The lowest BCUT2D eigenvalue weighted by Crippen LogP contribution is -2.41. The number of aromatic nitrogens is 2. The number of halogens is 2. The molecule has 32 heavy (non-hydrogen) atoms. The highest BCUT2D eigenvalue weighted by Crippen LogP contribution is 2.29. The molecule has 1 unspecified atom stereocenters. The van der Waals surface area contributed by atoms with Crippen LogP contribution in [0.5, 0.6) is 0 Å². The molecule has 1 aliphatic rings. The Labute approximate surface area is 189 Å². The summed E-state index contributed by atoms with van der Waals surface area (Å²) >= 11 is 0. The molecule has 2 aromatic rings. The lowest BCUT2D eigenvalue weighted by atomic mass is 10.0. The number of hydrogen-bond donors (Lipinski definition) is 1. The minimum absolute atomic E-state index is 0.0683. The van der Waals surface area contributed by atoms with Crippen molar-refractivity contribution in [2.24, 2.45) is 0 Å². The van der Waals surface area contributed by atoms with Crippen molar-refractivity contribution in [1.29, 1.82) is 0 Å². The molecule has 1 aromatic heterocycles. The summed E-state index contributed by atoms with van der Waals surface area (Å²) in [4.78, 5) is 19.0. The Balaban J connectivity index is 1.96.